The first kappa shape index (κ1) is 13.2. The van der Waals surface area contributed by atoms with Crippen molar-refractivity contribution in [1.82, 2.24) is 10.1 Å². The summed E-state index contributed by atoms with van der Waals surface area (Å²) in [6.07, 6.45) is 0.448. The number of aliphatic hydroxyl groups excluding tert-OH is 1. The maximum atomic E-state index is 8.82. The number of nitrogens with zero attached hydrogens (tertiary/aromatic N) is 2. The van der Waals surface area contributed by atoms with Crippen molar-refractivity contribution in [3.05, 3.63) is 11.7 Å². The molecule has 0 aliphatic carbocycles. The second-order valence-corrected chi connectivity index (χ2v) is 6.71. The molecule has 7 heteroatoms. The van der Waals surface area contributed by atoms with Crippen molar-refractivity contribution in [2.75, 3.05) is 18.1 Å². The largest absolute Gasteiger partial charge is 0.396 e. The summed E-state index contributed by atoms with van der Waals surface area (Å²) in [6, 6.07) is -0.363. The lowest BCUT2D eigenvalue weighted by molar-refractivity contribution is 0.259. The van der Waals surface area contributed by atoms with Crippen LogP contribution in [-0.2, 0) is 0 Å². The topological polar surface area (TPSA) is 85.2 Å². The van der Waals surface area contributed by atoms with Gasteiger partial charge < -0.3 is 15.4 Å². The molecule has 0 bridgehead atoms. The minimum absolute atomic E-state index is 0.0311. The van der Waals surface area contributed by atoms with Crippen molar-refractivity contribution in [2.45, 2.75) is 29.9 Å². The molecule has 0 aromatic carbocycles. The molecule has 1 fully saturated rings. The van der Waals surface area contributed by atoms with Gasteiger partial charge in [0.05, 0.1) is 11.3 Å². The third-order valence-corrected chi connectivity index (χ3v) is 5.74. The smallest absolute Gasteiger partial charge is 0.243 e. The first-order valence-corrected chi connectivity index (χ1v) is 7.75. The molecule has 17 heavy (non-hydrogen) atoms. The number of aliphatic hydroxyl groups is 1. The summed E-state index contributed by atoms with van der Waals surface area (Å²) in [7, 11) is 0. The third-order valence-electron chi connectivity index (χ3n) is 2.66. The summed E-state index contributed by atoms with van der Waals surface area (Å²) in [5.74, 6) is 3.46. The second kappa shape index (κ2) is 6.08. The van der Waals surface area contributed by atoms with Crippen LogP contribution in [0.4, 0.5) is 0 Å². The Morgan fingerprint density at radius 2 is 2.29 bits per heavy atom. The van der Waals surface area contributed by atoms with Crippen LogP contribution in [0.15, 0.2) is 4.52 Å². The van der Waals surface area contributed by atoms with E-state index in [-0.39, 0.29) is 17.9 Å². The average molecular weight is 275 g/mol. The summed E-state index contributed by atoms with van der Waals surface area (Å²) < 4.78 is 5.16. The molecule has 1 saturated heterocycles. The zero-order valence-electron chi connectivity index (χ0n) is 9.70. The Balaban J connectivity index is 2.06. The van der Waals surface area contributed by atoms with Crippen LogP contribution in [-0.4, -0.2) is 38.6 Å². The van der Waals surface area contributed by atoms with Gasteiger partial charge in [0.15, 0.2) is 5.82 Å². The van der Waals surface area contributed by atoms with Gasteiger partial charge in [-0.2, -0.15) is 16.7 Å². The molecule has 1 aliphatic heterocycles. The molecular formula is C10H17N3O2S2. The Labute approximate surface area is 109 Å². The standard InChI is InChI=1S/C10H17N3O2S2/c1-6-8(17-5-4-16-6)9-12-10(15-13-9)7(11)2-3-14/h6-8,14H,2-5,11H2,1H3. The van der Waals surface area contributed by atoms with Crippen LogP contribution < -0.4 is 5.73 Å². The minimum Gasteiger partial charge on any atom is -0.396 e. The second-order valence-electron chi connectivity index (χ2n) is 3.98. The molecule has 0 spiro atoms. The summed E-state index contributed by atoms with van der Waals surface area (Å²) in [6.45, 7) is 2.22. The van der Waals surface area contributed by atoms with Crippen LogP contribution in [0.3, 0.4) is 0 Å². The lowest BCUT2D eigenvalue weighted by atomic mass is 10.2. The number of nitrogens with two attached hydrogens (primary N) is 1. The Hall–Kier alpha value is -0.240. The van der Waals surface area contributed by atoms with Gasteiger partial charge in [-0.15, -0.1) is 11.8 Å². The van der Waals surface area contributed by atoms with Gasteiger partial charge in [0.1, 0.15) is 0 Å². The maximum absolute atomic E-state index is 8.82. The number of rotatable bonds is 4. The Kier molecular flexibility index (Phi) is 4.72. The SMILES string of the molecule is CC1SCCSC1c1noc(C(N)CCO)n1. The van der Waals surface area contributed by atoms with E-state index in [1.807, 2.05) is 23.5 Å². The van der Waals surface area contributed by atoms with E-state index in [4.69, 9.17) is 15.4 Å². The average Bonchev–Trinajstić information content (AvgIpc) is 2.79. The quantitative estimate of drug-likeness (QED) is 0.858. The highest BCUT2D eigenvalue weighted by molar-refractivity contribution is 8.06. The van der Waals surface area contributed by atoms with E-state index in [0.717, 1.165) is 11.6 Å². The van der Waals surface area contributed by atoms with E-state index in [0.29, 0.717) is 17.6 Å². The fourth-order valence-corrected chi connectivity index (χ4v) is 4.37. The molecule has 0 amide bonds. The monoisotopic (exact) mass is 275 g/mol. The van der Waals surface area contributed by atoms with Crippen LogP contribution in [0.2, 0.25) is 0 Å². The molecule has 5 nitrogen and oxygen atoms in total. The maximum Gasteiger partial charge on any atom is 0.243 e. The molecule has 1 aliphatic rings. The van der Waals surface area contributed by atoms with Crippen molar-refractivity contribution in [2.24, 2.45) is 5.73 Å². The van der Waals surface area contributed by atoms with Gasteiger partial charge >= 0.3 is 0 Å². The summed E-state index contributed by atoms with van der Waals surface area (Å²) >= 11 is 3.80. The highest BCUT2D eigenvalue weighted by atomic mass is 32.2. The van der Waals surface area contributed by atoms with Gasteiger partial charge in [0, 0.05) is 23.4 Å². The first-order valence-electron chi connectivity index (χ1n) is 5.65. The van der Waals surface area contributed by atoms with Crippen molar-refractivity contribution >= 4 is 23.5 Å². The van der Waals surface area contributed by atoms with Gasteiger partial charge in [0.2, 0.25) is 5.89 Å². The molecule has 0 saturated carbocycles. The summed E-state index contributed by atoms with van der Waals surface area (Å²) in [5.41, 5.74) is 5.81. The normalized spacial score (nSPS) is 27.0. The van der Waals surface area contributed by atoms with Gasteiger partial charge in [-0.05, 0) is 6.42 Å². The predicted octanol–water partition coefficient (Wildman–Crippen LogP) is 1.36. The molecule has 96 valence electrons. The van der Waals surface area contributed by atoms with E-state index in [1.165, 1.54) is 5.75 Å². The molecule has 3 atom stereocenters. The van der Waals surface area contributed by atoms with Crippen molar-refractivity contribution in [1.29, 1.82) is 0 Å². The summed E-state index contributed by atoms with van der Waals surface area (Å²) in [4.78, 5) is 4.35. The van der Waals surface area contributed by atoms with Crippen LogP contribution >= 0.6 is 23.5 Å². The number of aromatic nitrogens is 2. The van der Waals surface area contributed by atoms with Crippen LogP contribution in [0.25, 0.3) is 0 Å². The fraction of sp³-hybridized carbons (Fsp3) is 0.800. The zero-order chi connectivity index (χ0) is 12.3. The predicted molar refractivity (Wildman–Crippen MR) is 70.0 cm³/mol. The van der Waals surface area contributed by atoms with Gasteiger partial charge in [-0.3, -0.25) is 0 Å². The van der Waals surface area contributed by atoms with Gasteiger partial charge in [-0.1, -0.05) is 12.1 Å². The molecule has 0 radical (unpaired) electrons. The van der Waals surface area contributed by atoms with Crippen molar-refractivity contribution in [3.8, 4) is 0 Å². The molecule has 2 heterocycles. The molecular weight excluding hydrogens is 258 g/mol. The van der Waals surface area contributed by atoms with Gasteiger partial charge in [-0.25, -0.2) is 0 Å². The lowest BCUT2D eigenvalue weighted by Crippen LogP contribution is -2.17. The molecule has 3 N–H and O–H groups in total. The van der Waals surface area contributed by atoms with Gasteiger partial charge in [0.25, 0.3) is 0 Å². The van der Waals surface area contributed by atoms with Crippen LogP contribution in [0.1, 0.15) is 36.4 Å². The van der Waals surface area contributed by atoms with Crippen molar-refractivity contribution < 1.29 is 9.63 Å². The Morgan fingerprint density at radius 3 is 3.00 bits per heavy atom. The number of thioether (sulfide) groups is 2. The Bertz CT molecular complexity index is 361. The Morgan fingerprint density at radius 1 is 1.53 bits per heavy atom. The van der Waals surface area contributed by atoms with E-state index < -0.39 is 0 Å². The summed E-state index contributed by atoms with van der Waals surface area (Å²) in [5, 5.41) is 13.6. The zero-order valence-corrected chi connectivity index (χ0v) is 11.3. The first-order chi connectivity index (χ1) is 8.22. The van der Waals surface area contributed by atoms with E-state index in [1.54, 1.807) is 0 Å². The van der Waals surface area contributed by atoms with E-state index in [2.05, 4.69) is 17.1 Å². The molecule has 2 rings (SSSR count). The van der Waals surface area contributed by atoms with Crippen molar-refractivity contribution in [3.63, 3.8) is 0 Å². The number of hydrogen-bond donors (Lipinski definition) is 2. The van der Waals surface area contributed by atoms with E-state index >= 15 is 0 Å². The minimum atomic E-state index is -0.363. The lowest BCUT2D eigenvalue weighted by Gasteiger charge is -2.24. The van der Waals surface area contributed by atoms with Crippen LogP contribution in [0.5, 0.6) is 0 Å². The third kappa shape index (κ3) is 3.15. The highest BCUT2D eigenvalue weighted by Crippen LogP contribution is 2.41. The number of hydrogen-bond acceptors (Lipinski definition) is 7. The highest BCUT2D eigenvalue weighted by Gasteiger charge is 2.29. The molecule has 1 aromatic heterocycles. The van der Waals surface area contributed by atoms with Crippen LogP contribution in [0, 0.1) is 0 Å². The molecule has 3 unspecified atom stereocenters. The van der Waals surface area contributed by atoms with E-state index in [9.17, 15) is 0 Å². The fourth-order valence-electron chi connectivity index (χ4n) is 1.69. The molecule has 1 aromatic rings.